The summed E-state index contributed by atoms with van der Waals surface area (Å²) in [6, 6.07) is 15.3. The Kier molecular flexibility index (Phi) is 7.96. The van der Waals surface area contributed by atoms with Gasteiger partial charge in [-0.1, -0.05) is 18.1 Å². The predicted molar refractivity (Wildman–Crippen MR) is 148 cm³/mol. The first-order valence-corrected chi connectivity index (χ1v) is 12.0. The molecule has 4 aromatic rings. The number of halogens is 1. The Labute approximate surface area is 215 Å². The first-order chi connectivity index (χ1) is 17.8. The second-order valence-electron chi connectivity index (χ2n) is 8.99. The number of carbonyl (C=O) groups excluding carboxylic acids is 1. The van der Waals surface area contributed by atoms with Gasteiger partial charge in [-0.25, -0.2) is 14.4 Å². The molecule has 0 unspecified atom stereocenters. The summed E-state index contributed by atoms with van der Waals surface area (Å²) in [6.45, 7) is 1.72. The average molecular weight is 497 g/mol. The van der Waals surface area contributed by atoms with E-state index in [1.807, 2.05) is 38.4 Å². The fourth-order valence-electron chi connectivity index (χ4n) is 3.96. The molecule has 0 aliphatic heterocycles. The van der Waals surface area contributed by atoms with Gasteiger partial charge in [0, 0.05) is 23.7 Å². The molecule has 0 spiro atoms. The van der Waals surface area contributed by atoms with Crippen LogP contribution >= 0.6 is 0 Å². The van der Waals surface area contributed by atoms with E-state index < -0.39 is 11.7 Å². The van der Waals surface area contributed by atoms with Crippen molar-refractivity contribution in [1.82, 2.24) is 14.9 Å². The van der Waals surface area contributed by atoms with Crippen LogP contribution in [0.15, 0.2) is 60.8 Å². The second kappa shape index (κ2) is 11.5. The highest BCUT2D eigenvalue weighted by Crippen LogP contribution is 2.28. The number of anilines is 3. The number of nitrogen functional groups attached to an aromatic ring is 1. The third-order valence-corrected chi connectivity index (χ3v) is 5.92. The lowest BCUT2D eigenvalue weighted by Gasteiger charge is -2.15. The van der Waals surface area contributed by atoms with Crippen molar-refractivity contribution in [2.75, 3.05) is 43.6 Å². The molecule has 4 N–H and O–H groups in total. The monoisotopic (exact) mass is 496 g/mol. The molecule has 37 heavy (non-hydrogen) atoms. The number of terminal acetylenes is 1. The van der Waals surface area contributed by atoms with Gasteiger partial charge < -0.3 is 21.3 Å². The fourth-order valence-corrected chi connectivity index (χ4v) is 3.96. The van der Waals surface area contributed by atoms with Crippen molar-refractivity contribution in [3.63, 3.8) is 0 Å². The minimum absolute atomic E-state index is 0.0748. The summed E-state index contributed by atoms with van der Waals surface area (Å²) >= 11 is 0. The van der Waals surface area contributed by atoms with Crippen LogP contribution in [-0.2, 0) is 0 Å². The van der Waals surface area contributed by atoms with Crippen LogP contribution in [0.25, 0.3) is 22.0 Å². The molecular weight excluding hydrogens is 467 g/mol. The smallest absolute Gasteiger partial charge is 0.258 e. The molecule has 0 radical (unpaired) electrons. The van der Waals surface area contributed by atoms with Gasteiger partial charge in [0.25, 0.3) is 5.91 Å². The molecule has 8 heteroatoms. The lowest BCUT2D eigenvalue weighted by Crippen LogP contribution is -2.16. The van der Waals surface area contributed by atoms with Crippen LogP contribution in [0.3, 0.4) is 0 Å². The molecule has 188 valence electrons. The highest BCUT2D eigenvalue weighted by Gasteiger charge is 2.16. The summed E-state index contributed by atoms with van der Waals surface area (Å²) in [5.41, 5.74) is 9.60. The van der Waals surface area contributed by atoms with E-state index in [0.717, 1.165) is 42.6 Å². The SMILES string of the molecule is C#Cc1ccc(NCCCCN(C)C)c(NC(=O)c2cc(-c3ccc4nc(N)ncc4c3)ccc2F)c1. The third kappa shape index (κ3) is 6.40. The Bertz CT molecular complexity index is 1480. The van der Waals surface area contributed by atoms with Gasteiger partial charge in [-0.3, -0.25) is 4.79 Å². The summed E-state index contributed by atoms with van der Waals surface area (Å²) in [6.07, 6.45) is 9.20. The molecular formula is C29H29FN6O. The van der Waals surface area contributed by atoms with Crippen molar-refractivity contribution < 1.29 is 9.18 Å². The van der Waals surface area contributed by atoms with Crippen LogP contribution in [0.4, 0.5) is 21.7 Å². The molecule has 0 saturated heterocycles. The van der Waals surface area contributed by atoms with Crippen molar-refractivity contribution in [1.29, 1.82) is 0 Å². The molecule has 0 aliphatic rings. The Morgan fingerprint density at radius 3 is 2.62 bits per heavy atom. The Morgan fingerprint density at radius 1 is 1.05 bits per heavy atom. The van der Waals surface area contributed by atoms with Gasteiger partial charge in [-0.15, -0.1) is 6.42 Å². The van der Waals surface area contributed by atoms with Gasteiger partial charge in [0.2, 0.25) is 5.95 Å². The van der Waals surface area contributed by atoms with Crippen molar-refractivity contribution >= 4 is 34.1 Å². The Balaban J connectivity index is 1.56. The lowest BCUT2D eigenvalue weighted by atomic mass is 10.0. The number of nitrogens with two attached hydrogens (primary N) is 1. The normalized spacial score (nSPS) is 10.9. The highest BCUT2D eigenvalue weighted by atomic mass is 19.1. The quantitative estimate of drug-likeness (QED) is 0.223. The summed E-state index contributed by atoms with van der Waals surface area (Å²) in [4.78, 5) is 23.6. The standard InChI is InChI=1S/C29H29FN6O/c1-4-19-7-11-26(32-13-5-6-14-36(2)3)27(15-19)34-28(37)23-17-21(8-10-24(23)30)20-9-12-25-22(16-20)18-33-29(31)35-25/h1,7-12,15-18,32H,5-6,13-14H2,2-3H3,(H,34,37)(H2,31,33,35). The van der Waals surface area contributed by atoms with E-state index in [0.29, 0.717) is 22.3 Å². The second-order valence-corrected chi connectivity index (χ2v) is 8.99. The lowest BCUT2D eigenvalue weighted by molar-refractivity contribution is 0.102. The number of benzene rings is 3. The van der Waals surface area contributed by atoms with Crippen molar-refractivity contribution in [2.45, 2.75) is 12.8 Å². The van der Waals surface area contributed by atoms with Gasteiger partial charge in [-0.05, 0) is 87.1 Å². The zero-order chi connectivity index (χ0) is 26.4. The molecule has 1 aromatic heterocycles. The van der Waals surface area contributed by atoms with E-state index in [9.17, 15) is 9.18 Å². The zero-order valence-electron chi connectivity index (χ0n) is 20.9. The largest absolute Gasteiger partial charge is 0.383 e. The van der Waals surface area contributed by atoms with Gasteiger partial charge in [0.1, 0.15) is 5.82 Å². The zero-order valence-corrected chi connectivity index (χ0v) is 20.9. The van der Waals surface area contributed by atoms with Crippen molar-refractivity contribution in [3.05, 3.63) is 77.7 Å². The van der Waals surface area contributed by atoms with Crippen LogP contribution in [0, 0.1) is 18.2 Å². The number of carbonyl (C=O) groups is 1. The summed E-state index contributed by atoms with van der Waals surface area (Å²) in [7, 11) is 4.08. The Hall–Kier alpha value is -4.48. The number of nitrogens with zero attached hydrogens (tertiary/aromatic N) is 3. The molecule has 0 bridgehead atoms. The summed E-state index contributed by atoms with van der Waals surface area (Å²) in [5.74, 6) is 1.58. The number of hydrogen-bond acceptors (Lipinski definition) is 6. The van der Waals surface area contributed by atoms with E-state index >= 15 is 0 Å². The van der Waals surface area contributed by atoms with E-state index in [1.54, 1.807) is 24.4 Å². The van der Waals surface area contributed by atoms with Crippen LogP contribution in [0.2, 0.25) is 0 Å². The number of rotatable bonds is 9. The highest BCUT2D eigenvalue weighted by molar-refractivity contribution is 6.07. The average Bonchev–Trinajstić information content (AvgIpc) is 2.88. The number of fused-ring (bicyclic) bond motifs is 1. The summed E-state index contributed by atoms with van der Waals surface area (Å²) < 4.78 is 14.8. The van der Waals surface area contributed by atoms with Crippen molar-refractivity contribution in [2.24, 2.45) is 0 Å². The minimum atomic E-state index is -0.621. The molecule has 4 rings (SSSR count). The fraction of sp³-hybridized carbons (Fsp3) is 0.207. The number of hydrogen-bond donors (Lipinski definition) is 3. The maximum absolute atomic E-state index is 14.8. The van der Waals surface area contributed by atoms with E-state index in [2.05, 4.69) is 31.4 Å². The molecule has 3 aromatic carbocycles. The van der Waals surface area contributed by atoms with Crippen LogP contribution in [0.1, 0.15) is 28.8 Å². The number of unbranched alkanes of at least 4 members (excludes halogenated alkanes) is 1. The van der Waals surface area contributed by atoms with E-state index in [-0.39, 0.29) is 11.5 Å². The first-order valence-electron chi connectivity index (χ1n) is 12.0. The molecule has 1 amide bonds. The van der Waals surface area contributed by atoms with Gasteiger partial charge in [-0.2, -0.15) is 0 Å². The summed E-state index contributed by atoms with van der Waals surface area (Å²) in [5, 5.41) is 6.98. The van der Waals surface area contributed by atoms with Gasteiger partial charge >= 0.3 is 0 Å². The van der Waals surface area contributed by atoms with Crippen LogP contribution < -0.4 is 16.4 Å². The van der Waals surface area contributed by atoms with Crippen molar-refractivity contribution in [3.8, 4) is 23.5 Å². The van der Waals surface area contributed by atoms with Crippen LogP contribution in [-0.4, -0.2) is 48.0 Å². The topological polar surface area (TPSA) is 96.2 Å². The third-order valence-electron chi connectivity index (χ3n) is 5.92. The molecule has 1 heterocycles. The van der Waals surface area contributed by atoms with Gasteiger partial charge in [0.15, 0.2) is 0 Å². The molecule has 0 atom stereocenters. The Morgan fingerprint density at radius 2 is 1.84 bits per heavy atom. The molecule has 0 saturated carbocycles. The number of amides is 1. The number of nitrogens with one attached hydrogen (secondary N) is 2. The van der Waals surface area contributed by atoms with Gasteiger partial charge in [0.05, 0.1) is 22.5 Å². The molecule has 7 nitrogen and oxygen atoms in total. The van der Waals surface area contributed by atoms with Crippen LogP contribution in [0.5, 0.6) is 0 Å². The molecule has 0 fully saturated rings. The maximum Gasteiger partial charge on any atom is 0.258 e. The minimum Gasteiger partial charge on any atom is -0.383 e. The van der Waals surface area contributed by atoms with E-state index in [4.69, 9.17) is 12.2 Å². The molecule has 0 aliphatic carbocycles. The first kappa shape index (κ1) is 25.6. The number of aromatic nitrogens is 2. The predicted octanol–water partition coefficient (Wildman–Crippen LogP) is 5.01. The van der Waals surface area contributed by atoms with E-state index in [1.165, 1.54) is 12.1 Å². The maximum atomic E-state index is 14.8.